The SMILES string of the molecule is Cc1cccc(C2(C(=O)N3CCC(CC(=O)O)CC3)CC2)c1. The molecule has 1 amide bonds. The Morgan fingerprint density at radius 3 is 2.50 bits per heavy atom. The number of hydrogen-bond donors (Lipinski definition) is 1. The monoisotopic (exact) mass is 301 g/mol. The Morgan fingerprint density at radius 1 is 1.27 bits per heavy atom. The summed E-state index contributed by atoms with van der Waals surface area (Å²) in [5, 5.41) is 8.87. The van der Waals surface area contributed by atoms with Crippen LogP contribution in [0.3, 0.4) is 0 Å². The summed E-state index contributed by atoms with van der Waals surface area (Å²) < 4.78 is 0. The number of aliphatic carboxylic acids is 1. The number of piperidine rings is 1. The zero-order chi connectivity index (χ0) is 15.7. The summed E-state index contributed by atoms with van der Waals surface area (Å²) >= 11 is 0. The highest BCUT2D eigenvalue weighted by atomic mass is 16.4. The summed E-state index contributed by atoms with van der Waals surface area (Å²) in [6.45, 7) is 3.45. The van der Waals surface area contributed by atoms with Gasteiger partial charge in [0, 0.05) is 19.5 Å². The first-order valence-electron chi connectivity index (χ1n) is 8.09. The average Bonchev–Trinajstić information content (AvgIpc) is 3.28. The van der Waals surface area contributed by atoms with Gasteiger partial charge in [-0.05, 0) is 44.1 Å². The maximum absolute atomic E-state index is 12.9. The number of nitrogens with zero attached hydrogens (tertiary/aromatic N) is 1. The van der Waals surface area contributed by atoms with E-state index in [1.807, 2.05) is 11.0 Å². The van der Waals surface area contributed by atoms with Gasteiger partial charge in [-0.25, -0.2) is 0 Å². The smallest absolute Gasteiger partial charge is 0.303 e. The molecule has 1 aliphatic carbocycles. The molecule has 0 aromatic heterocycles. The molecule has 1 aromatic rings. The van der Waals surface area contributed by atoms with Gasteiger partial charge in [0.25, 0.3) is 0 Å². The molecule has 118 valence electrons. The third kappa shape index (κ3) is 2.87. The normalized spacial score (nSPS) is 20.7. The lowest BCUT2D eigenvalue weighted by molar-refractivity contribution is -0.139. The van der Waals surface area contributed by atoms with Crippen LogP contribution in [0.15, 0.2) is 24.3 Å². The molecule has 0 radical (unpaired) electrons. The number of carbonyl (C=O) groups excluding carboxylic acids is 1. The zero-order valence-electron chi connectivity index (χ0n) is 13.0. The van der Waals surface area contributed by atoms with Crippen LogP contribution >= 0.6 is 0 Å². The van der Waals surface area contributed by atoms with Crippen LogP contribution in [-0.4, -0.2) is 35.0 Å². The minimum atomic E-state index is -0.733. The van der Waals surface area contributed by atoms with Gasteiger partial charge in [-0.15, -0.1) is 0 Å². The lowest BCUT2D eigenvalue weighted by atomic mass is 9.89. The van der Waals surface area contributed by atoms with Crippen molar-refractivity contribution in [2.45, 2.75) is 44.4 Å². The number of carboxylic acid groups (broad SMARTS) is 1. The van der Waals surface area contributed by atoms with Crippen LogP contribution in [0.4, 0.5) is 0 Å². The average molecular weight is 301 g/mol. The lowest BCUT2D eigenvalue weighted by Gasteiger charge is -2.34. The molecule has 1 saturated heterocycles. The molecule has 2 aliphatic rings. The van der Waals surface area contributed by atoms with Gasteiger partial charge in [0.05, 0.1) is 5.41 Å². The minimum absolute atomic E-state index is 0.218. The predicted octanol–water partition coefficient (Wildman–Crippen LogP) is 2.74. The summed E-state index contributed by atoms with van der Waals surface area (Å²) in [7, 11) is 0. The fourth-order valence-corrected chi connectivity index (χ4v) is 3.58. The molecule has 0 unspecified atom stereocenters. The van der Waals surface area contributed by atoms with E-state index in [2.05, 4.69) is 25.1 Å². The first kappa shape index (κ1) is 15.1. The molecule has 3 rings (SSSR count). The highest BCUT2D eigenvalue weighted by Crippen LogP contribution is 2.50. The van der Waals surface area contributed by atoms with Crippen molar-refractivity contribution in [3.63, 3.8) is 0 Å². The number of carbonyl (C=O) groups is 2. The van der Waals surface area contributed by atoms with Crippen molar-refractivity contribution < 1.29 is 14.7 Å². The van der Waals surface area contributed by atoms with Gasteiger partial charge in [0.2, 0.25) is 5.91 Å². The Hall–Kier alpha value is -1.84. The molecule has 1 N–H and O–H groups in total. The van der Waals surface area contributed by atoms with Gasteiger partial charge in [-0.3, -0.25) is 9.59 Å². The standard InChI is InChI=1S/C18H23NO3/c1-13-3-2-4-15(11-13)18(7-8-18)17(22)19-9-5-14(6-10-19)12-16(20)21/h2-4,11,14H,5-10,12H2,1H3,(H,20,21). The van der Waals surface area contributed by atoms with Crippen LogP contribution in [0.1, 0.15) is 43.2 Å². The van der Waals surface area contributed by atoms with Crippen molar-refractivity contribution in [3.8, 4) is 0 Å². The Balaban J connectivity index is 1.66. The Morgan fingerprint density at radius 2 is 1.95 bits per heavy atom. The molecule has 1 aromatic carbocycles. The van der Waals surface area contributed by atoms with E-state index in [0.29, 0.717) is 13.1 Å². The van der Waals surface area contributed by atoms with Gasteiger partial charge >= 0.3 is 5.97 Å². The molecular formula is C18H23NO3. The topological polar surface area (TPSA) is 57.6 Å². The van der Waals surface area contributed by atoms with Crippen LogP contribution in [-0.2, 0) is 15.0 Å². The summed E-state index contributed by atoms with van der Waals surface area (Å²) in [4.78, 5) is 25.7. The van der Waals surface area contributed by atoms with E-state index in [4.69, 9.17) is 5.11 Å². The molecule has 4 nitrogen and oxygen atoms in total. The predicted molar refractivity (Wildman–Crippen MR) is 83.6 cm³/mol. The molecule has 1 aliphatic heterocycles. The van der Waals surface area contributed by atoms with E-state index < -0.39 is 5.97 Å². The van der Waals surface area contributed by atoms with Gasteiger partial charge in [0.1, 0.15) is 0 Å². The largest absolute Gasteiger partial charge is 0.481 e. The summed E-state index contributed by atoms with van der Waals surface area (Å²) in [6, 6.07) is 8.27. The second-order valence-corrected chi connectivity index (χ2v) is 6.79. The first-order chi connectivity index (χ1) is 10.5. The highest BCUT2D eigenvalue weighted by Gasteiger charge is 2.53. The Kier molecular flexibility index (Phi) is 3.94. The summed E-state index contributed by atoms with van der Waals surface area (Å²) in [6.07, 6.45) is 3.71. The van der Waals surface area contributed by atoms with E-state index in [0.717, 1.165) is 31.2 Å². The molecule has 4 heteroatoms. The fraction of sp³-hybridized carbons (Fsp3) is 0.556. The van der Waals surface area contributed by atoms with Crippen LogP contribution in [0.2, 0.25) is 0 Å². The van der Waals surface area contributed by atoms with Crippen molar-refractivity contribution in [2.24, 2.45) is 5.92 Å². The molecule has 1 saturated carbocycles. The molecule has 0 atom stereocenters. The fourth-order valence-electron chi connectivity index (χ4n) is 3.58. The minimum Gasteiger partial charge on any atom is -0.481 e. The number of rotatable bonds is 4. The van der Waals surface area contributed by atoms with E-state index >= 15 is 0 Å². The number of benzene rings is 1. The second-order valence-electron chi connectivity index (χ2n) is 6.79. The van der Waals surface area contributed by atoms with Crippen molar-refractivity contribution in [3.05, 3.63) is 35.4 Å². The second kappa shape index (κ2) is 5.75. The van der Waals surface area contributed by atoms with Gasteiger partial charge in [-0.2, -0.15) is 0 Å². The van der Waals surface area contributed by atoms with Crippen LogP contribution in [0, 0.1) is 12.8 Å². The lowest BCUT2D eigenvalue weighted by Crippen LogP contribution is -2.44. The van der Waals surface area contributed by atoms with Crippen molar-refractivity contribution in [2.75, 3.05) is 13.1 Å². The van der Waals surface area contributed by atoms with E-state index in [-0.39, 0.29) is 23.7 Å². The van der Waals surface area contributed by atoms with E-state index in [9.17, 15) is 9.59 Å². The van der Waals surface area contributed by atoms with Crippen molar-refractivity contribution >= 4 is 11.9 Å². The number of carboxylic acids is 1. The molecule has 22 heavy (non-hydrogen) atoms. The van der Waals surface area contributed by atoms with Gasteiger partial charge in [-0.1, -0.05) is 29.8 Å². The van der Waals surface area contributed by atoms with Gasteiger partial charge < -0.3 is 10.0 Å². The Labute approximate surface area is 131 Å². The number of amides is 1. The molecule has 0 bridgehead atoms. The molecule has 1 heterocycles. The van der Waals surface area contributed by atoms with Crippen molar-refractivity contribution in [1.29, 1.82) is 0 Å². The third-order valence-electron chi connectivity index (χ3n) is 5.10. The van der Waals surface area contributed by atoms with Crippen LogP contribution in [0.25, 0.3) is 0 Å². The van der Waals surface area contributed by atoms with Gasteiger partial charge in [0.15, 0.2) is 0 Å². The van der Waals surface area contributed by atoms with E-state index in [1.54, 1.807) is 0 Å². The van der Waals surface area contributed by atoms with Crippen LogP contribution in [0.5, 0.6) is 0 Å². The summed E-state index contributed by atoms with van der Waals surface area (Å²) in [5.74, 6) is -0.272. The maximum atomic E-state index is 12.9. The number of aryl methyl sites for hydroxylation is 1. The molecule has 2 fully saturated rings. The third-order valence-corrected chi connectivity index (χ3v) is 5.10. The van der Waals surface area contributed by atoms with E-state index in [1.165, 1.54) is 5.56 Å². The Bertz CT molecular complexity index is 584. The zero-order valence-corrected chi connectivity index (χ0v) is 13.0. The summed E-state index contributed by atoms with van der Waals surface area (Å²) in [5.41, 5.74) is 2.04. The number of hydrogen-bond acceptors (Lipinski definition) is 2. The molecule has 0 spiro atoms. The first-order valence-corrected chi connectivity index (χ1v) is 8.09. The molecular weight excluding hydrogens is 278 g/mol. The highest BCUT2D eigenvalue weighted by molar-refractivity contribution is 5.91. The number of likely N-dealkylation sites (tertiary alicyclic amines) is 1. The quantitative estimate of drug-likeness (QED) is 0.930. The maximum Gasteiger partial charge on any atom is 0.303 e. The van der Waals surface area contributed by atoms with Crippen molar-refractivity contribution in [1.82, 2.24) is 4.90 Å². The van der Waals surface area contributed by atoms with Crippen LogP contribution < -0.4 is 0 Å².